The van der Waals surface area contributed by atoms with Crippen LogP contribution in [0.25, 0.3) is 0 Å². The van der Waals surface area contributed by atoms with Crippen molar-refractivity contribution in [1.29, 1.82) is 0 Å². The number of anilines is 1. The number of nitrogens with zero attached hydrogens (tertiary/aromatic N) is 3. The van der Waals surface area contributed by atoms with E-state index in [0.29, 0.717) is 0 Å². The molecule has 0 aliphatic carbocycles. The van der Waals surface area contributed by atoms with E-state index in [2.05, 4.69) is 44.4 Å². The minimum Gasteiger partial charge on any atom is -0.352 e. The number of rotatable bonds is 3. The maximum atomic E-state index is 5.90. The Morgan fingerprint density at radius 1 is 1.28 bits per heavy atom. The molecule has 0 spiro atoms. The van der Waals surface area contributed by atoms with Gasteiger partial charge in [-0.1, -0.05) is 23.7 Å². The molecule has 5 heteroatoms. The van der Waals surface area contributed by atoms with Crippen molar-refractivity contribution < 1.29 is 0 Å². The number of aromatic nitrogens is 2. The van der Waals surface area contributed by atoms with Crippen molar-refractivity contribution in [2.24, 2.45) is 0 Å². The first-order chi connectivity index (χ1) is 8.59. The van der Waals surface area contributed by atoms with E-state index < -0.39 is 0 Å². The first kappa shape index (κ1) is 13.5. The van der Waals surface area contributed by atoms with Gasteiger partial charge in [0.1, 0.15) is 12.1 Å². The fourth-order valence-electron chi connectivity index (χ4n) is 1.71. The monoisotopic (exact) mass is 373 g/mol. The lowest BCUT2D eigenvalue weighted by Crippen LogP contribution is -2.23. The fourth-order valence-corrected chi connectivity index (χ4v) is 2.52. The zero-order valence-corrected chi connectivity index (χ0v) is 13.1. The molecule has 0 aliphatic heterocycles. The Kier molecular flexibility index (Phi) is 4.40. The Bertz CT molecular complexity index is 530. The summed E-state index contributed by atoms with van der Waals surface area (Å²) in [5.41, 5.74) is 1.20. The Morgan fingerprint density at radius 2 is 1.94 bits per heavy atom. The van der Waals surface area contributed by atoms with E-state index in [1.54, 1.807) is 6.33 Å². The molecular weight excluding hydrogens is 361 g/mol. The molecule has 0 aliphatic rings. The van der Waals surface area contributed by atoms with Crippen molar-refractivity contribution in [3.63, 3.8) is 0 Å². The van der Waals surface area contributed by atoms with Crippen LogP contribution in [-0.4, -0.2) is 17.0 Å². The summed E-state index contributed by atoms with van der Waals surface area (Å²) >= 11 is 8.15. The summed E-state index contributed by atoms with van der Waals surface area (Å²) in [6, 6.07) is 8.12. The second kappa shape index (κ2) is 5.84. The molecule has 0 amide bonds. The van der Waals surface area contributed by atoms with Gasteiger partial charge in [0.15, 0.2) is 0 Å². The van der Waals surface area contributed by atoms with Crippen LogP contribution in [0.5, 0.6) is 0 Å². The maximum Gasteiger partial charge on any atom is 0.145 e. The summed E-state index contributed by atoms with van der Waals surface area (Å²) in [5.74, 6) is 0.938. The molecule has 0 saturated heterocycles. The molecule has 1 aromatic heterocycles. The second-order valence-corrected chi connectivity index (χ2v) is 5.63. The minimum atomic E-state index is 0.227. The molecule has 1 unspecified atom stereocenters. The molecule has 0 radical (unpaired) electrons. The van der Waals surface area contributed by atoms with E-state index in [1.165, 1.54) is 5.56 Å². The Morgan fingerprint density at radius 3 is 2.56 bits per heavy atom. The van der Waals surface area contributed by atoms with Gasteiger partial charge in [-0.2, -0.15) is 0 Å². The van der Waals surface area contributed by atoms with Crippen LogP contribution in [0.15, 0.2) is 36.8 Å². The summed E-state index contributed by atoms with van der Waals surface area (Å²) in [7, 11) is 2.03. The third-order valence-corrected chi connectivity index (χ3v) is 3.93. The highest BCUT2D eigenvalue weighted by atomic mass is 127. The van der Waals surface area contributed by atoms with Gasteiger partial charge < -0.3 is 4.90 Å². The van der Waals surface area contributed by atoms with Crippen LogP contribution in [0.3, 0.4) is 0 Å². The van der Waals surface area contributed by atoms with Crippen LogP contribution in [-0.2, 0) is 0 Å². The van der Waals surface area contributed by atoms with Gasteiger partial charge in [-0.15, -0.1) is 0 Å². The predicted octanol–water partition coefficient (Wildman–Crippen LogP) is 3.93. The lowest BCUT2D eigenvalue weighted by Gasteiger charge is -2.27. The summed E-state index contributed by atoms with van der Waals surface area (Å²) < 4.78 is 1.04. The number of halogens is 2. The van der Waals surface area contributed by atoms with Crippen LogP contribution in [0.4, 0.5) is 5.82 Å². The van der Waals surface area contributed by atoms with Crippen molar-refractivity contribution >= 4 is 40.0 Å². The normalized spacial score (nSPS) is 12.2. The van der Waals surface area contributed by atoms with Gasteiger partial charge in [0.2, 0.25) is 0 Å². The van der Waals surface area contributed by atoms with Gasteiger partial charge >= 0.3 is 0 Å². The second-order valence-electron chi connectivity index (χ2n) is 4.03. The molecule has 3 nitrogen and oxygen atoms in total. The number of hydrogen-bond acceptors (Lipinski definition) is 3. The molecule has 2 rings (SSSR count). The fraction of sp³-hybridized carbons (Fsp3) is 0.231. The van der Waals surface area contributed by atoms with Crippen molar-refractivity contribution in [3.05, 3.63) is 50.9 Å². The first-order valence-corrected chi connectivity index (χ1v) is 6.99. The summed E-state index contributed by atoms with van der Waals surface area (Å²) in [5, 5.41) is 0.755. The van der Waals surface area contributed by atoms with Gasteiger partial charge in [-0.3, -0.25) is 0 Å². The average Bonchev–Trinajstić information content (AvgIpc) is 2.38. The summed E-state index contributed by atoms with van der Waals surface area (Å²) in [4.78, 5) is 10.5. The highest BCUT2D eigenvalue weighted by Crippen LogP contribution is 2.27. The smallest absolute Gasteiger partial charge is 0.145 e. The van der Waals surface area contributed by atoms with Crippen molar-refractivity contribution in [2.45, 2.75) is 13.0 Å². The topological polar surface area (TPSA) is 29.0 Å². The molecule has 0 bridgehead atoms. The molecule has 94 valence electrons. The van der Waals surface area contributed by atoms with Gasteiger partial charge in [0, 0.05) is 18.3 Å². The average molecular weight is 374 g/mol. The van der Waals surface area contributed by atoms with Crippen molar-refractivity contribution in [2.75, 3.05) is 11.9 Å². The number of benzene rings is 1. The van der Waals surface area contributed by atoms with E-state index in [0.717, 1.165) is 14.4 Å². The molecule has 0 saturated carbocycles. The molecule has 2 aromatic rings. The van der Waals surface area contributed by atoms with E-state index in [4.69, 9.17) is 11.6 Å². The van der Waals surface area contributed by atoms with Crippen LogP contribution in [0.2, 0.25) is 5.02 Å². The van der Waals surface area contributed by atoms with Crippen LogP contribution >= 0.6 is 34.2 Å². The lowest BCUT2D eigenvalue weighted by atomic mass is 10.1. The summed E-state index contributed by atoms with van der Waals surface area (Å²) in [6.07, 6.45) is 3.39. The van der Waals surface area contributed by atoms with E-state index in [-0.39, 0.29) is 6.04 Å². The van der Waals surface area contributed by atoms with Crippen molar-refractivity contribution in [3.8, 4) is 0 Å². The Balaban J connectivity index is 2.26. The molecule has 1 heterocycles. The lowest BCUT2D eigenvalue weighted by molar-refractivity contribution is 0.725. The standard InChI is InChI=1S/C13H13ClIN3/c1-9(10-3-5-11(14)6-4-10)18(2)13-12(15)7-16-8-17-13/h3-9H,1-2H3. The zero-order chi connectivity index (χ0) is 13.1. The summed E-state index contributed by atoms with van der Waals surface area (Å²) in [6.45, 7) is 2.14. The Hall–Kier alpha value is -0.880. The molecule has 18 heavy (non-hydrogen) atoms. The van der Waals surface area contributed by atoms with Gasteiger partial charge in [-0.05, 0) is 47.2 Å². The maximum absolute atomic E-state index is 5.90. The predicted molar refractivity (Wildman–Crippen MR) is 83.0 cm³/mol. The molecule has 1 atom stereocenters. The largest absolute Gasteiger partial charge is 0.352 e. The molecular formula is C13H13ClIN3. The third kappa shape index (κ3) is 2.92. The van der Waals surface area contributed by atoms with Crippen molar-refractivity contribution in [1.82, 2.24) is 9.97 Å². The number of hydrogen-bond donors (Lipinski definition) is 0. The minimum absolute atomic E-state index is 0.227. The SMILES string of the molecule is CC(c1ccc(Cl)cc1)N(C)c1ncncc1I. The van der Waals surface area contributed by atoms with E-state index in [9.17, 15) is 0 Å². The van der Waals surface area contributed by atoms with Crippen LogP contribution in [0.1, 0.15) is 18.5 Å². The quantitative estimate of drug-likeness (QED) is 0.763. The zero-order valence-electron chi connectivity index (χ0n) is 10.1. The van der Waals surface area contributed by atoms with Gasteiger partial charge in [0.25, 0.3) is 0 Å². The van der Waals surface area contributed by atoms with E-state index in [1.807, 2.05) is 37.5 Å². The molecule has 0 N–H and O–H groups in total. The highest BCUT2D eigenvalue weighted by Gasteiger charge is 2.15. The van der Waals surface area contributed by atoms with E-state index >= 15 is 0 Å². The highest BCUT2D eigenvalue weighted by molar-refractivity contribution is 14.1. The van der Waals surface area contributed by atoms with Crippen LogP contribution < -0.4 is 4.90 Å². The molecule has 1 aromatic carbocycles. The molecule has 0 fully saturated rings. The van der Waals surface area contributed by atoms with Gasteiger partial charge in [-0.25, -0.2) is 9.97 Å². The van der Waals surface area contributed by atoms with Gasteiger partial charge in [0.05, 0.1) is 9.61 Å². The Labute approximate surface area is 125 Å². The van der Waals surface area contributed by atoms with Crippen LogP contribution in [0, 0.1) is 3.57 Å². The first-order valence-electron chi connectivity index (χ1n) is 5.53. The third-order valence-electron chi connectivity index (χ3n) is 2.92.